The Morgan fingerprint density at radius 2 is 2.29 bits per heavy atom. The number of rotatable bonds is 6. The number of carbonyl (C=O) groups is 1. The molecule has 5 heteroatoms. The summed E-state index contributed by atoms with van der Waals surface area (Å²) in [5.41, 5.74) is 0. The number of urea groups is 1. The molecule has 0 spiro atoms. The molecular weight excluding hydrogens is 200 g/mol. The Balaban J connectivity index is 3.74. The Hall–Kier alpha value is -0.420. The molecule has 1 unspecified atom stereocenters. The SMILES string of the molecule is COCCNC(=O)N(C)C(C)CSC. The standard InChI is InChI=1S/C9H20N2O2S/c1-8(7-14-4)11(2)9(12)10-5-6-13-3/h8H,5-7H2,1-4H3,(H,10,12). The summed E-state index contributed by atoms with van der Waals surface area (Å²) in [4.78, 5) is 13.2. The van der Waals surface area contributed by atoms with Crippen molar-refractivity contribution in [1.82, 2.24) is 10.2 Å². The van der Waals surface area contributed by atoms with Crippen LogP contribution >= 0.6 is 11.8 Å². The van der Waals surface area contributed by atoms with Gasteiger partial charge in [0.25, 0.3) is 0 Å². The van der Waals surface area contributed by atoms with Crippen LogP contribution in [0.3, 0.4) is 0 Å². The van der Waals surface area contributed by atoms with Gasteiger partial charge in [0.1, 0.15) is 0 Å². The fourth-order valence-electron chi connectivity index (χ4n) is 0.938. The van der Waals surface area contributed by atoms with Crippen molar-refractivity contribution in [2.24, 2.45) is 0 Å². The average Bonchev–Trinajstić information content (AvgIpc) is 2.17. The number of methoxy groups -OCH3 is 1. The molecule has 0 aliphatic carbocycles. The van der Waals surface area contributed by atoms with Gasteiger partial charge in [-0.15, -0.1) is 0 Å². The first-order valence-corrected chi connectivity index (χ1v) is 6.01. The first kappa shape index (κ1) is 13.6. The summed E-state index contributed by atoms with van der Waals surface area (Å²) in [6.45, 7) is 3.15. The lowest BCUT2D eigenvalue weighted by Crippen LogP contribution is -2.44. The molecule has 4 nitrogen and oxygen atoms in total. The summed E-state index contributed by atoms with van der Waals surface area (Å²) in [6, 6.07) is 0.219. The van der Waals surface area contributed by atoms with Crippen LogP contribution in [-0.4, -0.2) is 56.3 Å². The molecule has 0 rings (SSSR count). The maximum atomic E-state index is 11.5. The minimum atomic E-state index is -0.0383. The third kappa shape index (κ3) is 5.34. The minimum Gasteiger partial charge on any atom is -0.383 e. The quantitative estimate of drug-likeness (QED) is 0.680. The van der Waals surface area contributed by atoms with E-state index in [-0.39, 0.29) is 12.1 Å². The van der Waals surface area contributed by atoms with Crippen molar-refractivity contribution in [2.75, 3.05) is 39.3 Å². The number of hydrogen-bond donors (Lipinski definition) is 1. The third-order valence-corrected chi connectivity index (χ3v) is 2.79. The second-order valence-electron chi connectivity index (χ2n) is 3.14. The first-order valence-electron chi connectivity index (χ1n) is 4.62. The zero-order valence-corrected chi connectivity index (χ0v) is 10.2. The molecule has 0 aromatic heterocycles. The van der Waals surface area contributed by atoms with Gasteiger partial charge >= 0.3 is 6.03 Å². The number of ether oxygens (including phenoxy) is 1. The molecular formula is C9H20N2O2S. The van der Waals surface area contributed by atoms with Crippen molar-refractivity contribution >= 4 is 17.8 Å². The Morgan fingerprint density at radius 1 is 1.64 bits per heavy atom. The van der Waals surface area contributed by atoms with E-state index >= 15 is 0 Å². The zero-order valence-electron chi connectivity index (χ0n) is 9.37. The maximum Gasteiger partial charge on any atom is 0.317 e. The van der Waals surface area contributed by atoms with Crippen LogP contribution < -0.4 is 5.32 Å². The molecule has 0 fully saturated rings. The van der Waals surface area contributed by atoms with Crippen molar-refractivity contribution in [2.45, 2.75) is 13.0 Å². The van der Waals surface area contributed by atoms with Gasteiger partial charge in [0.15, 0.2) is 0 Å². The predicted molar refractivity (Wildman–Crippen MR) is 60.9 cm³/mol. The molecule has 0 saturated heterocycles. The number of nitrogens with zero attached hydrogens (tertiary/aromatic N) is 1. The monoisotopic (exact) mass is 220 g/mol. The Kier molecular flexibility index (Phi) is 7.70. The van der Waals surface area contributed by atoms with E-state index in [1.54, 1.807) is 23.8 Å². The fourth-order valence-corrected chi connectivity index (χ4v) is 1.64. The normalized spacial score (nSPS) is 12.3. The fraction of sp³-hybridized carbons (Fsp3) is 0.889. The van der Waals surface area contributed by atoms with Crippen LogP contribution in [0.15, 0.2) is 0 Å². The number of carbonyl (C=O) groups excluding carboxylic acids is 1. The summed E-state index contributed by atoms with van der Waals surface area (Å²) in [5, 5.41) is 2.78. The van der Waals surface area contributed by atoms with E-state index in [1.165, 1.54) is 0 Å². The Bertz CT molecular complexity index is 167. The van der Waals surface area contributed by atoms with Crippen LogP contribution in [0.2, 0.25) is 0 Å². The maximum absolute atomic E-state index is 11.5. The van der Waals surface area contributed by atoms with Crippen molar-refractivity contribution in [1.29, 1.82) is 0 Å². The minimum absolute atomic E-state index is 0.0383. The van der Waals surface area contributed by atoms with Gasteiger partial charge < -0.3 is 15.0 Å². The lowest BCUT2D eigenvalue weighted by molar-refractivity contribution is 0.180. The predicted octanol–water partition coefficient (Wildman–Crippen LogP) is 1.03. The lowest BCUT2D eigenvalue weighted by Gasteiger charge is -2.24. The number of nitrogens with one attached hydrogen (secondary N) is 1. The number of hydrogen-bond acceptors (Lipinski definition) is 3. The van der Waals surface area contributed by atoms with Gasteiger partial charge in [-0.3, -0.25) is 0 Å². The summed E-state index contributed by atoms with van der Waals surface area (Å²) >= 11 is 1.74. The molecule has 0 aliphatic rings. The van der Waals surface area contributed by atoms with Crippen molar-refractivity contribution in [3.8, 4) is 0 Å². The highest BCUT2D eigenvalue weighted by molar-refractivity contribution is 7.98. The highest BCUT2D eigenvalue weighted by atomic mass is 32.2. The highest BCUT2D eigenvalue weighted by Crippen LogP contribution is 2.03. The highest BCUT2D eigenvalue weighted by Gasteiger charge is 2.13. The first-order chi connectivity index (χ1) is 6.63. The third-order valence-electron chi connectivity index (χ3n) is 1.97. The van der Waals surface area contributed by atoms with Crippen LogP contribution in [0.25, 0.3) is 0 Å². The zero-order chi connectivity index (χ0) is 11.0. The van der Waals surface area contributed by atoms with Gasteiger partial charge in [0, 0.05) is 32.5 Å². The molecule has 1 atom stereocenters. The van der Waals surface area contributed by atoms with Gasteiger partial charge in [0.05, 0.1) is 6.61 Å². The van der Waals surface area contributed by atoms with Crippen LogP contribution in [-0.2, 0) is 4.74 Å². The summed E-state index contributed by atoms with van der Waals surface area (Å²) in [6.07, 6.45) is 2.03. The summed E-state index contributed by atoms with van der Waals surface area (Å²) in [7, 11) is 3.43. The molecule has 0 aromatic rings. The largest absolute Gasteiger partial charge is 0.383 e. The van der Waals surface area contributed by atoms with E-state index in [0.717, 1.165) is 5.75 Å². The summed E-state index contributed by atoms with van der Waals surface area (Å²) < 4.78 is 4.84. The molecule has 14 heavy (non-hydrogen) atoms. The molecule has 84 valence electrons. The molecule has 0 bridgehead atoms. The molecule has 0 heterocycles. The van der Waals surface area contributed by atoms with Crippen molar-refractivity contribution in [3.05, 3.63) is 0 Å². The smallest absolute Gasteiger partial charge is 0.317 e. The Morgan fingerprint density at radius 3 is 2.79 bits per heavy atom. The second kappa shape index (κ2) is 7.94. The molecule has 2 amide bonds. The molecule has 0 aromatic carbocycles. The van der Waals surface area contributed by atoms with Gasteiger partial charge in [-0.05, 0) is 13.2 Å². The van der Waals surface area contributed by atoms with E-state index in [9.17, 15) is 4.79 Å². The topological polar surface area (TPSA) is 41.6 Å². The Labute approximate surface area is 90.4 Å². The molecule has 1 N–H and O–H groups in total. The molecule has 0 aliphatic heterocycles. The van der Waals surface area contributed by atoms with Gasteiger partial charge in [-0.1, -0.05) is 0 Å². The second-order valence-corrected chi connectivity index (χ2v) is 4.05. The van der Waals surface area contributed by atoms with E-state index < -0.39 is 0 Å². The van der Waals surface area contributed by atoms with Crippen molar-refractivity contribution < 1.29 is 9.53 Å². The number of amides is 2. The average molecular weight is 220 g/mol. The van der Waals surface area contributed by atoms with Crippen LogP contribution in [0.5, 0.6) is 0 Å². The van der Waals surface area contributed by atoms with E-state index in [2.05, 4.69) is 5.32 Å². The number of thioether (sulfide) groups is 1. The van der Waals surface area contributed by atoms with Gasteiger partial charge in [0.2, 0.25) is 0 Å². The van der Waals surface area contributed by atoms with Crippen LogP contribution in [0.4, 0.5) is 4.79 Å². The van der Waals surface area contributed by atoms with Crippen molar-refractivity contribution in [3.63, 3.8) is 0 Å². The van der Waals surface area contributed by atoms with E-state index in [4.69, 9.17) is 4.74 Å². The van der Waals surface area contributed by atoms with Gasteiger partial charge in [-0.2, -0.15) is 11.8 Å². The molecule has 0 saturated carbocycles. The van der Waals surface area contributed by atoms with Crippen LogP contribution in [0, 0.1) is 0 Å². The van der Waals surface area contributed by atoms with E-state index in [0.29, 0.717) is 13.2 Å². The summed E-state index contributed by atoms with van der Waals surface area (Å²) in [5.74, 6) is 0.953. The van der Waals surface area contributed by atoms with E-state index in [1.807, 2.05) is 20.2 Å². The van der Waals surface area contributed by atoms with Crippen LogP contribution in [0.1, 0.15) is 6.92 Å². The van der Waals surface area contributed by atoms with Gasteiger partial charge in [-0.25, -0.2) is 4.79 Å². The lowest BCUT2D eigenvalue weighted by atomic mass is 10.3. The molecule has 0 radical (unpaired) electrons.